The fraction of sp³-hybridized carbons (Fsp3) is 0.438. The molecule has 4 rings (SSSR count). The Morgan fingerprint density at radius 3 is 2.44 bits per heavy atom. The Labute approximate surface area is 230 Å². The fourth-order valence-electron chi connectivity index (χ4n) is 5.56. The highest BCUT2D eigenvalue weighted by atomic mass is 19.1. The Kier molecular flexibility index (Phi) is 9.79. The number of para-hydroxylation sites is 2. The Balaban J connectivity index is 1.43. The molecule has 2 aromatic carbocycles. The van der Waals surface area contributed by atoms with E-state index in [2.05, 4.69) is 0 Å². The van der Waals surface area contributed by atoms with Crippen LogP contribution in [0.4, 0.5) is 4.39 Å². The van der Waals surface area contributed by atoms with Gasteiger partial charge in [-0.15, -0.1) is 0 Å². The third-order valence-electron chi connectivity index (χ3n) is 7.69. The summed E-state index contributed by atoms with van der Waals surface area (Å²) in [6.07, 6.45) is 12.3. The van der Waals surface area contributed by atoms with Crippen molar-refractivity contribution in [2.45, 2.75) is 51.0 Å². The number of nitrogens with zero attached hydrogens (tertiary/aromatic N) is 1. The predicted octanol–water partition coefficient (Wildman–Crippen LogP) is 5.91. The summed E-state index contributed by atoms with van der Waals surface area (Å²) in [5.41, 5.74) is -0.0260. The van der Waals surface area contributed by atoms with Gasteiger partial charge >= 0.3 is 5.97 Å². The lowest BCUT2D eigenvalue weighted by atomic mass is 9.80. The second kappa shape index (κ2) is 13.5. The number of methoxy groups -OCH3 is 2. The van der Waals surface area contributed by atoms with Crippen LogP contribution in [-0.2, 0) is 20.7 Å². The molecule has 0 aliphatic heterocycles. The summed E-state index contributed by atoms with van der Waals surface area (Å²) in [7, 11) is 3.01. The van der Waals surface area contributed by atoms with Crippen molar-refractivity contribution in [1.29, 1.82) is 0 Å². The molecular formula is C32H38FNO5. The smallest absolute Gasteiger partial charge is 0.317 e. The highest BCUT2D eigenvalue weighted by Gasteiger charge is 2.41. The van der Waals surface area contributed by atoms with E-state index in [4.69, 9.17) is 14.2 Å². The van der Waals surface area contributed by atoms with E-state index in [1.165, 1.54) is 19.2 Å². The average Bonchev–Trinajstić information content (AvgIpc) is 2.97. The predicted molar refractivity (Wildman–Crippen MR) is 148 cm³/mol. The minimum absolute atomic E-state index is 0.0135. The quantitative estimate of drug-likeness (QED) is 0.335. The summed E-state index contributed by atoms with van der Waals surface area (Å²) in [4.78, 5) is 28.6. The first-order chi connectivity index (χ1) is 18.9. The van der Waals surface area contributed by atoms with Crippen LogP contribution in [0.5, 0.6) is 11.5 Å². The van der Waals surface area contributed by atoms with E-state index in [9.17, 15) is 14.0 Å². The molecule has 7 heteroatoms. The lowest BCUT2D eigenvalue weighted by Gasteiger charge is -2.37. The number of amides is 1. The summed E-state index contributed by atoms with van der Waals surface area (Å²) in [6, 6.07) is 14.1. The summed E-state index contributed by atoms with van der Waals surface area (Å²) in [5.74, 6) is 0.704. The Morgan fingerprint density at radius 1 is 1.00 bits per heavy atom. The molecule has 39 heavy (non-hydrogen) atoms. The van der Waals surface area contributed by atoms with Gasteiger partial charge in [0.2, 0.25) is 5.91 Å². The van der Waals surface area contributed by atoms with E-state index in [0.29, 0.717) is 50.1 Å². The monoisotopic (exact) mass is 535 g/mol. The molecule has 0 spiro atoms. The molecule has 208 valence electrons. The number of hydrogen-bond donors (Lipinski definition) is 0. The van der Waals surface area contributed by atoms with Gasteiger partial charge in [0.05, 0.1) is 20.3 Å². The molecule has 0 N–H and O–H groups in total. The summed E-state index contributed by atoms with van der Waals surface area (Å²) in [5, 5.41) is 0. The van der Waals surface area contributed by atoms with Crippen molar-refractivity contribution >= 4 is 11.9 Å². The normalized spacial score (nSPS) is 22.2. The van der Waals surface area contributed by atoms with Gasteiger partial charge in [0.1, 0.15) is 11.2 Å². The number of allylic oxidation sites excluding steroid dienone is 3. The van der Waals surface area contributed by atoms with Crippen molar-refractivity contribution in [3.05, 3.63) is 84.2 Å². The largest absolute Gasteiger partial charge is 0.493 e. The van der Waals surface area contributed by atoms with Crippen LogP contribution < -0.4 is 9.47 Å². The van der Waals surface area contributed by atoms with Gasteiger partial charge in [-0.1, -0.05) is 48.6 Å². The first-order valence-electron chi connectivity index (χ1n) is 13.7. The molecule has 0 radical (unpaired) electrons. The maximum Gasteiger partial charge on any atom is 0.317 e. The van der Waals surface area contributed by atoms with Crippen molar-refractivity contribution < 1.29 is 28.2 Å². The van der Waals surface area contributed by atoms with E-state index in [0.717, 1.165) is 18.4 Å². The molecule has 1 amide bonds. The SMILES string of the molecule is COC(=O)C1(CN(CCCc2cccc(F)c2)C(=O)C2CCC(Oc3ccccc3OC)CC2)C=CC=CC1. The Morgan fingerprint density at radius 2 is 1.77 bits per heavy atom. The Hall–Kier alpha value is -3.61. The lowest BCUT2D eigenvalue weighted by Crippen LogP contribution is -2.48. The van der Waals surface area contributed by atoms with Crippen molar-refractivity contribution in [2.75, 3.05) is 27.3 Å². The molecule has 1 unspecified atom stereocenters. The second-order valence-electron chi connectivity index (χ2n) is 10.4. The van der Waals surface area contributed by atoms with Crippen molar-refractivity contribution in [3.8, 4) is 11.5 Å². The Bertz CT molecular complexity index is 1190. The molecule has 1 fully saturated rings. The van der Waals surface area contributed by atoms with Crippen molar-refractivity contribution in [3.63, 3.8) is 0 Å². The third-order valence-corrected chi connectivity index (χ3v) is 7.69. The first kappa shape index (κ1) is 28.4. The van der Waals surface area contributed by atoms with E-state index >= 15 is 0 Å². The number of aryl methyl sites for hydroxylation is 1. The van der Waals surface area contributed by atoms with Crippen molar-refractivity contribution in [1.82, 2.24) is 4.90 Å². The van der Waals surface area contributed by atoms with Crippen molar-refractivity contribution in [2.24, 2.45) is 11.3 Å². The van der Waals surface area contributed by atoms with Crippen LogP contribution in [0.3, 0.4) is 0 Å². The highest BCUT2D eigenvalue weighted by molar-refractivity contribution is 5.83. The summed E-state index contributed by atoms with van der Waals surface area (Å²) < 4.78 is 30.5. The average molecular weight is 536 g/mol. The zero-order valence-electron chi connectivity index (χ0n) is 22.8. The van der Waals surface area contributed by atoms with Gasteiger partial charge in [-0.05, 0) is 74.8 Å². The lowest BCUT2D eigenvalue weighted by molar-refractivity contribution is -0.152. The van der Waals surface area contributed by atoms with Crippen LogP contribution in [0.15, 0.2) is 72.8 Å². The molecule has 0 aromatic heterocycles. The van der Waals surface area contributed by atoms with E-state index in [1.54, 1.807) is 13.2 Å². The van der Waals surface area contributed by atoms with Crippen LogP contribution >= 0.6 is 0 Å². The zero-order valence-corrected chi connectivity index (χ0v) is 22.8. The van der Waals surface area contributed by atoms with Crippen LogP contribution in [0.2, 0.25) is 0 Å². The van der Waals surface area contributed by atoms with Gasteiger partial charge < -0.3 is 19.1 Å². The molecule has 2 aromatic rings. The molecule has 0 bridgehead atoms. The number of carbonyl (C=O) groups excluding carboxylic acids is 2. The first-order valence-corrected chi connectivity index (χ1v) is 13.7. The number of ether oxygens (including phenoxy) is 3. The van der Waals surface area contributed by atoms with Crippen LogP contribution in [0, 0.1) is 17.2 Å². The maximum atomic E-state index is 13.9. The minimum atomic E-state index is -0.914. The van der Waals surface area contributed by atoms with Gasteiger partial charge in [0.15, 0.2) is 11.5 Å². The van der Waals surface area contributed by atoms with E-state index < -0.39 is 5.41 Å². The molecule has 2 aliphatic carbocycles. The summed E-state index contributed by atoms with van der Waals surface area (Å²) >= 11 is 0. The van der Waals surface area contributed by atoms with Crippen LogP contribution in [0.25, 0.3) is 0 Å². The molecule has 0 heterocycles. The molecule has 1 atom stereocenters. The third kappa shape index (κ3) is 7.28. The van der Waals surface area contributed by atoms with Gasteiger partial charge in [-0.2, -0.15) is 0 Å². The van der Waals surface area contributed by atoms with Gasteiger partial charge in [0, 0.05) is 19.0 Å². The topological polar surface area (TPSA) is 65.1 Å². The second-order valence-corrected chi connectivity index (χ2v) is 10.4. The van der Waals surface area contributed by atoms with E-state index in [1.807, 2.05) is 59.5 Å². The minimum Gasteiger partial charge on any atom is -0.493 e. The molecule has 1 saturated carbocycles. The molecule has 2 aliphatic rings. The number of rotatable bonds is 11. The molecular weight excluding hydrogens is 497 g/mol. The fourth-order valence-corrected chi connectivity index (χ4v) is 5.56. The number of halogens is 1. The van der Waals surface area contributed by atoms with Crippen LogP contribution in [-0.4, -0.2) is 50.2 Å². The van der Waals surface area contributed by atoms with Gasteiger partial charge in [-0.3, -0.25) is 9.59 Å². The summed E-state index contributed by atoms with van der Waals surface area (Å²) in [6.45, 7) is 0.726. The molecule has 6 nitrogen and oxygen atoms in total. The van der Waals surface area contributed by atoms with Crippen LogP contribution in [0.1, 0.15) is 44.1 Å². The number of hydrogen-bond acceptors (Lipinski definition) is 5. The standard InChI is InChI=1S/C32H38FNO5/c1-37-28-13-4-5-14-29(28)39-27-17-15-25(16-18-27)30(35)34(21-9-11-24-10-8-12-26(33)22-24)23-32(31(36)38-2)19-6-3-7-20-32/h3-8,10,12-14,19,22,25,27H,9,11,15-18,20-21,23H2,1-2H3. The van der Waals surface area contributed by atoms with E-state index in [-0.39, 0.29) is 36.3 Å². The number of benzene rings is 2. The maximum absolute atomic E-state index is 13.9. The zero-order chi connectivity index (χ0) is 27.7. The highest BCUT2D eigenvalue weighted by Crippen LogP contribution is 2.35. The number of esters is 1. The van der Waals surface area contributed by atoms with Gasteiger partial charge in [-0.25, -0.2) is 4.39 Å². The molecule has 0 saturated heterocycles. The number of carbonyl (C=O) groups is 2. The van der Waals surface area contributed by atoms with Gasteiger partial charge in [0.25, 0.3) is 0 Å².